The van der Waals surface area contributed by atoms with Crippen molar-refractivity contribution in [3.05, 3.63) is 83.0 Å². The summed E-state index contributed by atoms with van der Waals surface area (Å²) in [5.41, 5.74) is 3.53. The molecule has 10 heteroatoms. The van der Waals surface area contributed by atoms with Crippen molar-refractivity contribution in [2.75, 3.05) is 24.3 Å². The minimum absolute atomic E-state index is 0.0407. The topological polar surface area (TPSA) is 110 Å². The number of carbonyl (C=O) groups is 1. The summed E-state index contributed by atoms with van der Waals surface area (Å²) in [5, 5.41) is 13.5. The van der Waals surface area contributed by atoms with Crippen molar-refractivity contribution in [3.63, 3.8) is 0 Å². The molecule has 1 amide bonds. The van der Waals surface area contributed by atoms with Crippen LogP contribution in [-0.4, -0.2) is 38.2 Å². The van der Waals surface area contributed by atoms with Gasteiger partial charge in [-0.2, -0.15) is 5.10 Å². The van der Waals surface area contributed by atoms with Crippen LogP contribution in [0.2, 0.25) is 5.02 Å². The number of carbonyl (C=O) groups excluding carboxylic acids is 1. The van der Waals surface area contributed by atoms with Gasteiger partial charge in [0, 0.05) is 35.9 Å². The van der Waals surface area contributed by atoms with Gasteiger partial charge in [-0.15, -0.1) is 0 Å². The number of hydrogen-bond donors (Lipinski definition) is 2. The van der Waals surface area contributed by atoms with Crippen LogP contribution in [0.15, 0.2) is 71.8 Å². The van der Waals surface area contributed by atoms with Crippen molar-refractivity contribution in [2.24, 2.45) is 5.14 Å². The Kier molecular flexibility index (Phi) is 6.60. The lowest BCUT2D eigenvalue weighted by molar-refractivity contribution is -0.115. The SMILES string of the molecule is CN(C)c1cccc(Cn2ncc3c(S(N)(=O)=O)cc(NC(=O)Cc4ccccc4Cl)cc32)c1. The van der Waals surface area contributed by atoms with Crippen LogP contribution in [0.4, 0.5) is 11.4 Å². The van der Waals surface area contributed by atoms with Gasteiger partial charge >= 0.3 is 0 Å². The highest BCUT2D eigenvalue weighted by Crippen LogP contribution is 2.28. The maximum Gasteiger partial charge on any atom is 0.238 e. The van der Waals surface area contributed by atoms with Crippen molar-refractivity contribution >= 4 is 49.8 Å². The Morgan fingerprint density at radius 3 is 2.59 bits per heavy atom. The predicted octanol–water partition coefficient (Wildman–Crippen LogP) is 3.63. The van der Waals surface area contributed by atoms with Gasteiger partial charge in [-0.1, -0.05) is 41.9 Å². The summed E-state index contributed by atoms with van der Waals surface area (Å²) in [5.74, 6) is -0.336. The lowest BCUT2D eigenvalue weighted by Gasteiger charge is -2.14. The second-order valence-corrected chi connectivity index (χ2v) is 10.1. The molecule has 0 aliphatic heterocycles. The van der Waals surface area contributed by atoms with E-state index in [1.807, 2.05) is 43.3 Å². The van der Waals surface area contributed by atoms with Gasteiger partial charge in [-0.25, -0.2) is 13.6 Å². The van der Waals surface area contributed by atoms with Crippen molar-refractivity contribution in [1.82, 2.24) is 9.78 Å². The van der Waals surface area contributed by atoms with Crippen LogP contribution in [0, 0.1) is 0 Å². The molecule has 0 aliphatic carbocycles. The molecule has 4 rings (SSSR count). The predicted molar refractivity (Wildman–Crippen MR) is 135 cm³/mol. The van der Waals surface area contributed by atoms with Crippen molar-refractivity contribution in [1.29, 1.82) is 0 Å². The van der Waals surface area contributed by atoms with Crippen LogP contribution in [0.1, 0.15) is 11.1 Å². The summed E-state index contributed by atoms with van der Waals surface area (Å²) in [6, 6.07) is 18.0. The fourth-order valence-corrected chi connectivity index (χ4v) is 4.66. The van der Waals surface area contributed by atoms with E-state index in [4.69, 9.17) is 16.7 Å². The standard InChI is InChI=1S/C24H24ClN5O3S/c1-29(2)19-8-5-6-16(10-19)15-30-22-12-18(13-23(34(26,32)33)20(22)14-27-30)28-24(31)11-17-7-3-4-9-21(17)25/h3-10,12-14H,11,15H2,1-2H3,(H,28,31)(H2,26,32,33). The summed E-state index contributed by atoms with van der Waals surface area (Å²) in [7, 11) is -0.150. The molecule has 1 heterocycles. The van der Waals surface area contributed by atoms with Crippen LogP contribution < -0.4 is 15.4 Å². The molecular weight excluding hydrogens is 474 g/mol. The molecule has 0 saturated heterocycles. The van der Waals surface area contributed by atoms with Gasteiger partial charge in [-0.3, -0.25) is 9.48 Å². The molecule has 8 nitrogen and oxygen atoms in total. The maximum atomic E-state index is 12.7. The van der Waals surface area contributed by atoms with E-state index in [9.17, 15) is 13.2 Å². The van der Waals surface area contributed by atoms with E-state index in [1.54, 1.807) is 35.0 Å². The summed E-state index contributed by atoms with van der Waals surface area (Å²) in [4.78, 5) is 14.6. The molecule has 0 saturated carbocycles. The third kappa shape index (κ3) is 5.22. The molecule has 0 spiro atoms. The highest BCUT2D eigenvalue weighted by atomic mass is 35.5. The number of primary sulfonamides is 1. The highest BCUT2D eigenvalue weighted by Gasteiger charge is 2.19. The zero-order valence-electron chi connectivity index (χ0n) is 18.7. The summed E-state index contributed by atoms with van der Waals surface area (Å²) in [6.45, 7) is 0.409. The zero-order valence-corrected chi connectivity index (χ0v) is 20.3. The second-order valence-electron chi connectivity index (χ2n) is 8.14. The molecule has 0 radical (unpaired) electrons. The Labute approximate surface area is 203 Å². The third-order valence-electron chi connectivity index (χ3n) is 5.38. The maximum absolute atomic E-state index is 12.7. The number of amides is 1. The van der Waals surface area contributed by atoms with Gasteiger partial charge in [0.15, 0.2) is 0 Å². The molecule has 0 atom stereocenters. The molecule has 0 fully saturated rings. The van der Waals surface area contributed by atoms with Crippen molar-refractivity contribution in [3.8, 4) is 0 Å². The zero-order chi connectivity index (χ0) is 24.5. The number of fused-ring (bicyclic) bond motifs is 1. The molecule has 34 heavy (non-hydrogen) atoms. The number of nitrogens with zero attached hydrogens (tertiary/aromatic N) is 3. The molecule has 4 aromatic rings. The van der Waals surface area contributed by atoms with Crippen molar-refractivity contribution < 1.29 is 13.2 Å². The third-order valence-corrected chi connectivity index (χ3v) is 6.70. The fourth-order valence-electron chi connectivity index (χ4n) is 3.70. The number of sulfonamides is 1. The normalized spacial score (nSPS) is 11.5. The largest absolute Gasteiger partial charge is 0.378 e. The molecule has 0 bridgehead atoms. The van der Waals surface area contributed by atoms with Gasteiger partial charge in [0.25, 0.3) is 0 Å². The number of anilines is 2. The van der Waals surface area contributed by atoms with Gasteiger partial charge in [0.1, 0.15) is 0 Å². The minimum Gasteiger partial charge on any atom is -0.378 e. The first-order valence-electron chi connectivity index (χ1n) is 10.4. The summed E-state index contributed by atoms with van der Waals surface area (Å²) < 4.78 is 26.3. The molecule has 3 N–H and O–H groups in total. The first kappa shape index (κ1) is 23.7. The second kappa shape index (κ2) is 9.46. The first-order valence-corrected chi connectivity index (χ1v) is 12.4. The molecule has 0 unspecified atom stereocenters. The minimum atomic E-state index is -4.06. The van der Waals surface area contributed by atoms with E-state index < -0.39 is 10.0 Å². The van der Waals surface area contributed by atoms with E-state index in [1.165, 1.54) is 12.3 Å². The monoisotopic (exact) mass is 497 g/mol. The molecule has 176 valence electrons. The Morgan fingerprint density at radius 1 is 1.12 bits per heavy atom. The van der Waals surface area contributed by atoms with Gasteiger partial charge in [0.2, 0.25) is 15.9 Å². The van der Waals surface area contributed by atoms with Gasteiger partial charge in [-0.05, 0) is 41.5 Å². The van der Waals surface area contributed by atoms with Crippen LogP contribution >= 0.6 is 11.6 Å². The number of nitrogens with one attached hydrogen (secondary N) is 1. The Hall–Kier alpha value is -3.40. The average Bonchev–Trinajstić information content (AvgIpc) is 3.16. The highest BCUT2D eigenvalue weighted by molar-refractivity contribution is 7.89. The summed E-state index contributed by atoms with van der Waals surface area (Å²) in [6.07, 6.45) is 1.51. The number of benzene rings is 3. The Morgan fingerprint density at radius 2 is 1.88 bits per heavy atom. The smallest absolute Gasteiger partial charge is 0.238 e. The summed E-state index contributed by atoms with van der Waals surface area (Å²) >= 11 is 6.16. The number of rotatable bonds is 7. The lowest BCUT2D eigenvalue weighted by atomic mass is 10.1. The van der Waals surface area contributed by atoms with E-state index in [0.717, 1.165) is 11.3 Å². The van der Waals surface area contributed by atoms with Crippen LogP contribution in [-0.2, 0) is 27.8 Å². The number of halogens is 1. The number of hydrogen-bond acceptors (Lipinski definition) is 5. The first-order chi connectivity index (χ1) is 16.1. The average molecular weight is 498 g/mol. The number of nitrogens with two attached hydrogens (primary N) is 1. The fraction of sp³-hybridized carbons (Fsp3) is 0.167. The number of aromatic nitrogens is 2. The lowest BCUT2D eigenvalue weighted by Crippen LogP contribution is -2.17. The van der Waals surface area contributed by atoms with Crippen LogP contribution in [0.5, 0.6) is 0 Å². The molecule has 3 aromatic carbocycles. The Bertz CT molecular complexity index is 1480. The van der Waals surface area contributed by atoms with Crippen LogP contribution in [0.3, 0.4) is 0 Å². The molecular formula is C24H24ClN5O3S. The van der Waals surface area contributed by atoms with E-state index in [-0.39, 0.29) is 17.2 Å². The van der Waals surface area contributed by atoms with E-state index in [2.05, 4.69) is 10.4 Å². The van der Waals surface area contributed by atoms with E-state index >= 15 is 0 Å². The Balaban J connectivity index is 1.70. The molecule has 0 aliphatic rings. The van der Waals surface area contributed by atoms with Crippen LogP contribution in [0.25, 0.3) is 10.9 Å². The van der Waals surface area contributed by atoms with Gasteiger partial charge in [0.05, 0.1) is 29.6 Å². The van der Waals surface area contributed by atoms with E-state index in [0.29, 0.717) is 33.7 Å². The molecule has 1 aromatic heterocycles. The quantitative estimate of drug-likeness (QED) is 0.405. The van der Waals surface area contributed by atoms with Gasteiger partial charge < -0.3 is 10.2 Å². The van der Waals surface area contributed by atoms with Crippen molar-refractivity contribution in [2.45, 2.75) is 17.9 Å².